The summed E-state index contributed by atoms with van der Waals surface area (Å²) in [4.78, 5) is 25.8. The van der Waals surface area contributed by atoms with Gasteiger partial charge in [0.15, 0.2) is 11.5 Å². The number of anilines is 1. The minimum absolute atomic E-state index is 0.167. The lowest BCUT2D eigenvalue weighted by molar-refractivity contribution is -0.117. The molecule has 1 N–H and O–H groups in total. The first-order valence-electron chi connectivity index (χ1n) is 8.89. The lowest BCUT2D eigenvalue weighted by Crippen LogP contribution is -2.36. The molecule has 0 atom stereocenters. The molecule has 4 rings (SSSR count). The van der Waals surface area contributed by atoms with Crippen molar-refractivity contribution in [1.29, 1.82) is 0 Å². The number of ether oxygens (including phenoxy) is 1. The van der Waals surface area contributed by atoms with E-state index < -0.39 is 5.97 Å². The van der Waals surface area contributed by atoms with Gasteiger partial charge in [-0.15, -0.1) is 0 Å². The largest absolute Gasteiger partial charge is 0.478 e. The minimum atomic E-state index is -1.00. The van der Waals surface area contributed by atoms with Crippen LogP contribution in [0.25, 0.3) is 6.08 Å². The van der Waals surface area contributed by atoms with Crippen molar-refractivity contribution in [3.8, 4) is 5.75 Å². The Morgan fingerprint density at radius 2 is 1.69 bits per heavy atom. The van der Waals surface area contributed by atoms with Crippen molar-refractivity contribution in [2.75, 3.05) is 4.90 Å². The van der Waals surface area contributed by atoms with Gasteiger partial charge in [-0.05, 0) is 53.6 Å². The Kier molecular flexibility index (Phi) is 5.06. The summed E-state index contributed by atoms with van der Waals surface area (Å²) in [6.45, 7) is 0.367. The molecule has 0 aromatic heterocycles. The number of aromatic carboxylic acids is 1. The Morgan fingerprint density at radius 1 is 1.00 bits per heavy atom. The summed E-state index contributed by atoms with van der Waals surface area (Å²) in [5, 5.41) is 9.66. The summed E-state index contributed by atoms with van der Waals surface area (Å²) < 4.78 is 5.85. The topological polar surface area (TPSA) is 66.8 Å². The Labute approximate surface area is 172 Å². The molecule has 144 valence electrons. The molecule has 0 unspecified atom stereocenters. The molecule has 0 radical (unpaired) electrons. The van der Waals surface area contributed by atoms with E-state index in [1.165, 1.54) is 12.1 Å². The van der Waals surface area contributed by atoms with E-state index in [1.807, 2.05) is 30.3 Å². The van der Waals surface area contributed by atoms with E-state index in [0.29, 0.717) is 28.6 Å². The van der Waals surface area contributed by atoms with Crippen LogP contribution in [0.5, 0.6) is 5.75 Å². The molecule has 1 amide bonds. The summed E-state index contributed by atoms with van der Waals surface area (Å²) >= 11 is 5.96. The quantitative estimate of drug-likeness (QED) is 0.620. The second-order valence-electron chi connectivity index (χ2n) is 6.52. The molecule has 29 heavy (non-hydrogen) atoms. The summed E-state index contributed by atoms with van der Waals surface area (Å²) in [6, 6.07) is 20.9. The molecule has 6 heteroatoms. The van der Waals surface area contributed by atoms with Crippen LogP contribution in [0.4, 0.5) is 5.69 Å². The Bertz CT molecular complexity index is 1100. The van der Waals surface area contributed by atoms with Gasteiger partial charge in [-0.3, -0.25) is 9.69 Å². The highest BCUT2D eigenvalue weighted by Gasteiger charge is 2.30. The number of rotatable bonds is 4. The maximum atomic E-state index is 13.2. The fourth-order valence-corrected chi connectivity index (χ4v) is 3.19. The zero-order chi connectivity index (χ0) is 20.4. The number of hydrogen-bond donors (Lipinski definition) is 1. The van der Waals surface area contributed by atoms with Crippen molar-refractivity contribution in [3.05, 3.63) is 100 Å². The van der Waals surface area contributed by atoms with E-state index in [4.69, 9.17) is 21.4 Å². The molecule has 1 aliphatic heterocycles. The predicted octanol–water partition coefficient (Wildman–Crippen LogP) is 5.00. The van der Waals surface area contributed by atoms with Gasteiger partial charge < -0.3 is 9.84 Å². The molecule has 1 heterocycles. The highest BCUT2D eigenvalue weighted by Crippen LogP contribution is 2.36. The van der Waals surface area contributed by atoms with Crippen LogP contribution in [0.15, 0.2) is 78.6 Å². The van der Waals surface area contributed by atoms with Crippen LogP contribution in [-0.4, -0.2) is 17.0 Å². The number of benzene rings is 3. The molecule has 0 aliphatic carbocycles. The summed E-state index contributed by atoms with van der Waals surface area (Å²) in [6.07, 6.45) is 1.61. The summed E-state index contributed by atoms with van der Waals surface area (Å²) in [5.74, 6) is -0.534. The highest BCUT2D eigenvalue weighted by molar-refractivity contribution is 6.30. The van der Waals surface area contributed by atoms with Gasteiger partial charge in [0.05, 0.1) is 17.8 Å². The third-order valence-corrected chi connectivity index (χ3v) is 4.79. The zero-order valence-electron chi connectivity index (χ0n) is 15.2. The maximum absolute atomic E-state index is 13.2. The molecular weight excluding hydrogens is 390 g/mol. The molecule has 0 bridgehead atoms. The smallest absolute Gasteiger partial charge is 0.335 e. The van der Waals surface area contributed by atoms with Crippen molar-refractivity contribution in [2.24, 2.45) is 0 Å². The SMILES string of the molecule is O=C(O)c1ccc(/C=C2\Oc3ccccc3N(Cc3ccc(Cl)cc3)C2=O)cc1. The van der Waals surface area contributed by atoms with E-state index in [9.17, 15) is 9.59 Å². The van der Waals surface area contributed by atoms with E-state index in [0.717, 1.165) is 5.56 Å². The second-order valence-corrected chi connectivity index (χ2v) is 6.96. The highest BCUT2D eigenvalue weighted by atomic mass is 35.5. The van der Waals surface area contributed by atoms with E-state index in [1.54, 1.807) is 41.3 Å². The average molecular weight is 406 g/mol. The molecule has 3 aromatic rings. The predicted molar refractivity (Wildman–Crippen MR) is 111 cm³/mol. The lowest BCUT2D eigenvalue weighted by atomic mass is 10.1. The lowest BCUT2D eigenvalue weighted by Gasteiger charge is -2.30. The summed E-state index contributed by atoms with van der Waals surface area (Å²) in [5.41, 5.74) is 2.47. The van der Waals surface area contributed by atoms with Gasteiger partial charge >= 0.3 is 5.97 Å². The average Bonchev–Trinajstić information content (AvgIpc) is 2.73. The van der Waals surface area contributed by atoms with Crippen molar-refractivity contribution in [3.63, 3.8) is 0 Å². The number of fused-ring (bicyclic) bond motifs is 1. The molecular formula is C23H16ClNO4. The summed E-state index contributed by atoms with van der Waals surface area (Å²) in [7, 11) is 0. The number of halogens is 1. The molecule has 5 nitrogen and oxygen atoms in total. The number of carboxylic acids is 1. The number of hydrogen-bond acceptors (Lipinski definition) is 3. The van der Waals surface area contributed by atoms with Crippen LogP contribution in [0.3, 0.4) is 0 Å². The van der Waals surface area contributed by atoms with Gasteiger partial charge in [-0.1, -0.05) is 48.0 Å². The third kappa shape index (κ3) is 4.00. The Morgan fingerprint density at radius 3 is 2.38 bits per heavy atom. The normalized spacial score (nSPS) is 14.4. The number of para-hydroxylation sites is 2. The monoisotopic (exact) mass is 405 g/mol. The van der Waals surface area contributed by atoms with Gasteiger partial charge in [-0.25, -0.2) is 4.79 Å². The van der Waals surface area contributed by atoms with E-state index >= 15 is 0 Å². The van der Waals surface area contributed by atoms with Crippen molar-refractivity contribution >= 4 is 35.2 Å². The van der Waals surface area contributed by atoms with Gasteiger partial charge in [-0.2, -0.15) is 0 Å². The molecule has 1 aliphatic rings. The van der Waals surface area contributed by atoms with Crippen LogP contribution in [-0.2, 0) is 11.3 Å². The first-order valence-corrected chi connectivity index (χ1v) is 9.27. The number of nitrogens with zero attached hydrogens (tertiary/aromatic N) is 1. The Balaban J connectivity index is 1.69. The standard InChI is InChI=1S/C23H16ClNO4/c24-18-11-7-16(8-12-18)14-25-19-3-1-2-4-20(19)29-21(22(25)26)13-15-5-9-17(10-6-15)23(27)28/h1-13H,14H2,(H,27,28)/b21-13-. The van der Waals surface area contributed by atoms with Crippen LogP contribution < -0.4 is 9.64 Å². The minimum Gasteiger partial charge on any atom is -0.478 e. The number of carbonyl (C=O) groups excluding carboxylic acids is 1. The second kappa shape index (κ2) is 7.81. The first-order chi connectivity index (χ1) is 14.0. The van der Waals surface area contributed by atoms with Crippen LogP contribution in [0.2, 0.25) is 5.02 Å². The number of amides is 1. The molecule has 3 aromatic carbocycles. The van der Waals surface area contributed by atoms with Crippen LogP contribution in [0.1, 0.15) is 21.5 Å². The fraction of sp³-hybridized carbons (Fsp3) is 0.0435. The fourth-order valence-electron chi connectivity index (χ4n) is 3.06. The van der Waals surface area contributed by atoms with Crippen molar-refractivity contribution in [2.45, 2.75) is 6.54 Å². The van der Waals surface area contributed by atoms with E-state index in [2.05, 4.69) is 0 Å². The van der Waals surface area contributed by atoms with Gasteiger partial charge in [0.25, 0.3) is 5.91 Å². The van der Waals surface area contributed by atoms with Crippen LogP contribution in [0, 0.1) is 0 Å². The molecule has 0 fully saturated rings. The van der Waals surface area contributed by atoms with Crippen molar-refractivity contribution < 1.29 is 19.4 Å². The third-order valence-electron chi connectivity index (χ3n) is 4.54. The molecule has 0 saturated heterocycles. The van der Waals surface area contributed by atoms with Crippen molar-refractivity contribution in [1.82, 2.24) is 0 Å². The van der Waals surface area contributed by atoms with Gasteiger partial charge in [0, 0.05) is 5.02 Å². The first kappa shape index (κ1) is 18.8. The maximum Gasteiger partial charge on any atom is 0.335 e. The number of carboxylic acid groups (broad SMARTS) is 1. The number of carbonyl (C=O) groups is 2. The van der Waals surface area contributed by atoms with Crippen LogP contribution >= 0.6 is 11.6 Å². The molecule has 0 spiro atoms. The Hall–Kier alpha value is -3.57. The van der Waals surface area contributed by atoms with Gasteiger partial charge in [0.2, 0.25) is 0 Å². The molecule has 0 saturated carbocycles. The van der Waals surface area contributed by atoms with E-state index in [-0.39, 0.29) is 17.2 Å². The zero-order valence-corrected chi connectivity index (χ0v) is 16.0. The van der Waals surface area contributed by atoms with Gasteiger partial charge in [0.1, 0.15) is 0 Å².